The number of rotatable bonds is 2. The molecule has 4 heteroatoms. The summed E-state index contributed by atoms with van der Waals surface area (Å²) in [5.74, 6) is 0.820. The summed E-state index contributed by atoms with van der Waals surface area (Å²) in [4.78, 5) is 12.7. The number of fused-ring (bicyclic) bond motifs is 1. The summed E-state index contributed by atoms with van der Waals surface area (Å²) in [6.07, 6.45) is 0.547. The average molecular weight is 237 g/mol. The molecule has 1 aromatic rings. The molecule has 1 aliphatic rings. The lowest BCUT2D eigenvalue weighted by atomic mass is 10.2. The van der Waals surface area contributed by atoms with Gasteiger partial charge in [-0.2, -0.15) is 0 Å². The summed E-state index contributed by atoms with van der Waals surface area (Å²) in [6.45, 7) is 4.60. The lowest BCUT2D eigenvalue weighted by Crippen LogP contribution is -2.13. The van der Waals surface area contributed by atoms with Crippen LogP contribution in [0.5, 0.6) is 5.75 Å². The Kier molecular flexibility index (Phi) is 3.39. The van der Waals surface area contributed by atoms with Gasteiger partial charge in [0.2, 0.25) is 5.91 Å². The van der Waals surface area contributed by atoms with Gasteiger partial charge in [0, 0.05) is 16.6 Å². The summed E-state index contributed by atoms with van der Waals surface area (Å²) in [7, 11) is 0. The molecule has 1 atom stereocenters. The minimum atomic E-state index is 0.0610. The van der Waals surface area contributed by atoms with Gasteiger partial charge in [-0.15, -0.1) is 11.8 Å². The maximum absolute atomic E-state index is 11.6. The molecule has 0 aliphatic carbocycles. The van der Waals surface area contributed by atoms with Crippen molar-refractivity contribution in [3.63, 3.8) is 0 Å². The predicted octanol–water partition coefficient (Wildman–Crippen LogP) is 2.91. The van der Waals surface area contributed by atoms with Gasteiger partial charge in [-0.25, -0.2) is 0 Å². The Morgan fingerprint density at radius 3 is 3.12 bits per heavy atom. The monoisotopic (exact) mass is 237 g/mol. The Morgan fingerprint density at radius 1 is 1.56 bits per heavy atom. The van der Waals surface area contributed by atoms with Crippen molar-refractivity contribution >= 4 is 23.4 Å². The van der Waals surface area contributed by atoms with Crippen LogP contribution < -0.4 is 10.1 Å². The number of ether oxygens (including phenoxy) is 1. The lowest BCUT2D eigenvalue weighted by Gasteiger charge is -2.12. The van der Waals surface area contributed by atoms with Crippen LogP contribution in [0.2, 0.25) is 0 Å². The molecule has 0 radical (unpaired) electrons. The quantitative estimate of drug-likeness (QED) is 0.859. The van der Waals surface area contributed by atoms with Crippen LogP contribution in [0.3, 0.4) is 0 Å². The summed E-state index contributed by atoms with van der Waals surface area (Å²) < 4.78 is 5.52. The van der Waals surface area contributed by atoms with Gasteiger partial charge in [0.1, 0.15) is 5.75 Å². The highest BCUT2D eigenvalue weighted by atomic mass is 32.2. The van der Waals surface area contributed by atoms with Gasteiger partial charge in [-0.05, 0) is 19.1 Å². The summed E-state index contributed by atoms with van der Waals surface area (Å²) in [6, 6.07) is 5.87. The van der Waals surface area contributed by atoms with Crippen molar-refractivity contribution in [2.45, 2.75) is 30.4 Å². The number of hydrogen-bond donors (Lipinski definition) is 1. The molecule has 0 fully saturated rings. The van der Waals surface area contributed by atoms with Gasteiger partial charge in [-0.3, -0.25) is 4.79 Å². The molecular formula is C12H15NO2S. The van der Waals surface area contributed by atoms with E-state index in [0.717, 1.165) is 16.3 Å². The molecule has 1 aliphatic heterocycles. The molecule has 0 spiro atoms. The van der Waals surface area contributed by atoms with Crippen molar-refractivity contribution in [3.8, 4) is 5.75 Å². The molecule has 0 saturated carbocycles. The SMILES string of the molecule is CCOc1cccc2c1NC(=O)CC(C)S2. The molecule has 16 heavy (non-hydrogen) atoms. The molecule has 2 rings (SSSR count). The molecule has 86 valence electrons. The number of anilines is 1. The van der Waals surface area contributed by atoms with E-state index in [2.05, 4.69) is 12.2 Å². The first-order valence-corrected chi connectivity index (χ1v) is 6.31. The minimum Gasteiger partial charge on any atom is -0.492 e. The van der Waals surface area contributed by atoms with Crippen molar-refractivity contribution in [2.75, 3.05) is 11.9 Å². The highest BCUT2D eigenvalue weighted by Gasteiger charge is 2.21. The molecule has 1 heterocycles. The Labute approximate surface area is 99.6 Å². The maximum atomic E-state index is 11.6. The number of carbonyl (C=O) groups excluding carboxylic acids is 1. The van der Waals surface area contributed by atoms with E-state index in [-0.39, 0.29) is 5.91 Å². The van der Waals surface area contributed by atoms with Crippen molar-refractivity contribution in [1.82, 2.24) is 0 Å². The number of nitrogens with one attached hydrogen (secondary N) is 1. The van der Waals surface area contributed by atoms with E-state index >= 15 is 0 Å². The molecule has 1 N–H and O–H groups in total. The van der Waals surface area contributed by atoms with Crippen LogP contribution in [-0.4, -0.2) is 17.8 Å². The van der Waals surface area contributed by atoms with E-state index in [1.165, 1.54) is 0 Å². The predicted molar refractivity (Wildman–Crippen MR) is 66.2 cm³/mol. The summed E-state index contributed by atoms with van der Waals surface area (Å²) in [5.41, 5.74) is 0.823. The van der Waals surface area contributed by atoms with Gasteiger partial charge in [0.05, 0.1) is 12.3 Å². The second kappa shape index (κ2) is 4.78. The highest BCUT2D eigenvalue weighted by Crippen LogP contribution is 2.40. The van der Waals surface area contributed by atoms with Crippen LogP contribution in [-0.2, 0) is 4.79 Å². The van der Waals surface area contributed by atoms with Gasteiger partial charge < -0.3 is 10.1 Å². The van der Waals surface area contributed by atoms with Crippen LogP contribution in [0.1, 0.15) is 20.3 Å². The van der Waals surface area contributed by atoms with Crippen molar-refractivity contribution in [3.05, 3.63) is 18.2 Å². The molecule has 3 nitrogen and oxygen atoms in total. The Bertz CT molecular complexity index is 406. The first kappa shape index (κ1) is 11.3. The van der Waals surface area contributed by atoms with Gasteiger partial charge in [-0.1, -0.05) is 13.0 Å². The number of carbonyl (C=O) groups is 1. The van der Waals surface area contributed by atoms with E-state index in [9.17, 15) is 4.79 Å². The third-order valence-corrected chi connectivity index (χ3v) is 3.52. The first-order chi connectivity index (χ1) is 7.70. The van der Waals surface area contributed by atoms with Crippen LogP contribution in [0, 0.1) is 0 Å². The first-order valence-electron chi connectivity index (χ1n) is 5.43. The summed E-state index contributed by atoms with van der Waals surface area (Å²) >= 11 is 1.71. The van der Waals surface area contributed by atoms with Crippen LogP contribution in [0.15, 0.2) is 23.1 Å². The molecular weight excluding hydrogens is 222 g/mol. The molecule has 1 aromatic carbocycles. The van der Waals surface area contributed by atoms with Gasteiger partial charge in [0.25, 0.3) is 0 Å². The average Bonchev–Trinajstić information content (AvgIpc) is 2.36. The zero-order valence-electron chi connectivity index (χ0n) is 9.45. The standard InChI is InChI=1S/C12H15NO2S/c1-3-15-9-5-4-6-10-12(9)13-11(14)7-8(2)16-10/h4-6,8H,3,7H2,1-2H3,(H,13,14). The molecule has 0 aromatic heterocycles. The molecule has 0 bridgehead atoms. The third-order valence-electron chi connectivity index (χ3n) is 2.35. The summed E-state index contributed by atoms with van der Waals surface area (Å²) in [5, 5.41) is 3.23. The number of amides is 1. The van der Waals surface area contributed by atoms with Crippen LogP contribution >= 0.6 is 11.8 Å². The van der Waals surface area contributed by atoms with Crippen molar-refractivity contribution in [1.29, 1.82) is 0 Å². The van der Waals surface area contributed by atoms with Crippen molar-refractivity contribution in [2.24, 2.45) is 0 Å². The van der Waals surface area contributed by atoms with E-state index in [1.807, 2.05) is 25.1 Å². The van der Waals surface area contributed by atoms with Crippen molar-refractivity contribution < 1.29 is 9.53 Å². The maximum Gasteiger partial charge on any atom is 0.225 e. The molecule has 0 saturated heterocycles. The highest BCUT2D eigenvalue weighted by molar-refractivity contribution is 8.00. The zero-order chi connectivity index (χ0) is 11.5. The second-order valence-electron chi connectivity index (χ2n) is 3.74. The second-order valence-corrected chi connectivity index (χ2v) is 5.22. The topological polar surface area (TPSA) is 38.3 Å². The van der Waals surface area contributed by atoms with E-state index in [1.54, 1.807) is 11.8 Å². The van der Waals surface area contributed by atoms with Gasteiger partial charge in [0.15, 0.2) is 0 Å². The molecule has 1 amide bonds. The normalized spacial score (nSPS) is 19.6. The largest absolute Gasteiger partial charge is 0.492 e. The van der Waals surface area contributed by atoms with E-state index in [0.29, 0.717) is 18.3 Å². The Morgan fingerprint density at radius 2 is 2.38 bits per heavy atom. The smallest absolute Gasteiger partial charge is 0.225 e. The Balaban J connectivity index is 2.40. The zero-order valence-corrected chi connectivity index (χ0v) is 10.3. The third kappa shape index (κ3) is 2.32. The van der Waals surface area contributed by atoms with E-state index < -0.39 is 0 Å². The Hall–Kier alpha value is -1.16. The van der Waals surface area contributed by atoms with Crippen LogP contribution in [0.25, 0.3) is 0 Å². The number of thioether (sulfide) groups is 1. The fourth-order valence-corrected chi connectivity index (χ4v) is 2.81. The fourth-order valence-electron chi connectivity index (χ4n) is 1.72. The number of benzene rings is 1. The minimum absolute atomic E-state index is 0.0610. The fraction of sp³-hybridized carbons (Fsp3) is 0.417. The lowest BCUT2D eigenvalue weighted by molar-refractivity contribution is -0.116. The van der Waals surface area contributed by atoms with E-state index in [4.69, 9.17) is 4.74 Å². The molecule has 1 unspecified atom stereocenters. The van der Waals surface area contributed by atoms with Gasteiger partial charge >= 0.3 is 0 Å². The number of hydrogen-bond acceptors (Lipinski definition) is 3. The number of para-hydroxylation sites is 1. The van der Waals surface area contributed by atoms with Crippen LogP contribution in [0.4, 0.5) is 5.69 Å².